The summed E-state index contributed by atoms with van der Waals surface area (Å²) in [5.41, 5.74) is 0.693. The van der Waals surface area contributed by atoms with E-state index in [1.807, 2.05) is 6.92 Å². The average Bonchev–Trinajstić information content (AvgIpc) is 2.89. The molecule has 9 heteroatoms. The van der Waals surface area contributed by atoms with Gasteiger partial charge in [-0.3, -0.25) is 0 Å². The molecule has 2 aromatic heterocycles. The molecular formula is C12H17N5O3S. The van der Waals surface area contributed by atoms with E-state index in [0.29, 0.717) is 17.4 Å². The molecule has 0 aromatic carbocycles. The Bertz CT molecular complexity index is 681. The van der Waals surface area contributed by atoms with Gasteiger partial charge in [0.1, 0.15) is 4.90 Å². The maximum atomic E-state index is 12.1. The van der Waals surface area contributed by atoms with Crippen LogP contribution in [0, 0.1) is 6.92 Å². The molecule has 0 fully saturated rings. The van der Waals surface area contributed by atoms with Crippen LogP contribution < -0.4 is 10.0 Å². The zero-order valence-electron chi connectivity index (χ0n) is 11.8. The van der Waals surface area contributed by atoms with E-state index in [-0.39, 0.29) is 11.4 Å². The number of aromatic nitrogens is 3. The molecule has 8 nitrogen and oxygen atoms in total. The van der Waals surface area contributed by atoms with E-state index in [4.69, 9.17) is 4.52 Å². The highest BCUT2D eigenvalue weighted by Gasteiger charge is 2.16. The summed E-state index contributed by atoms with van der Waals surface area (Å²) in [6.07, 6.45) is 3.46. The van der Waals surface area contributed by atoms with Gasteiger partial charge in [-0.2, -0.15) is 0 Å². The lowest BCUT2D eigenvalue weighted by molar-refractivity contribution is 0.377. The molecule has 0 aliphatic carbocycles. The minimum atomic E-state index is -3.68. The maximum Gasteiger partial charge on any atom is 0.244 e. The van der Waals surface area contributed by atoms with Gasteiger partial charge in [-0.25, -0.2) is 23.1 Å². The Hall–Kier alpha value is -2.00. The highest BCUT2D eigenvalue weighted by Crippen LogP contribution is 2.09. The Morgan fingerprint density at radius 1 is 1.29 bits per heavy atom. The number of aryl methyl sites for hydroxylation is 1. The highest BCUT2D eigenvalue weighted by molar-refractivity contribution is 7.89. The first kappa shape index (κ1) is 15.4. The topological polar surface area (TPSA) is 110 Å². The molecule has 2 heterocycles. The Morgan fingerprint density at radius 2 is 2.00 bits per heavy atom. The molecule has 2 N–H and O–H groups in total. The Balaban J connectivity index is 2.01. The summed E-state index contributed by atoms with van der Waals surface area (Å²) in [4.78, 5) is 7.93. The van der Waals surface area contributed by atoms with E-state index in [1.54, 1.807) is 13.0 Å². The van der Waals surface area contributed by atoms with Gasteiger partial charge >= 0.3 is 0 Å². The molecule has 0 bridgehead atoms. The molecule has 0 unspecified atom stereocenters. The molecule has 114 valence electrons. The van der Waals surface area contributed by atoms with Crippen LogP contribution in [-0.2, 0) is 16.6 Å². The van der Waals surface area contributed by atoms with Gasteiger partial charge in [0.05, 0.1) is 24.6 Å². The molecule has 0 amide bonds. The Labute approximate surface area is 123 Å². The lowest BCUT2D eigenvalue weighted by Gasteiger charge is -2.06. The average molecular weight is 311 g/mol. The molecule has 0 spiro atoms. The number of nitrogens with zero attached hydrogens (tertiary/aromatic N) is 3. The van der Waals surface area contributed by atoms with Crippen molar-refractivity contribution >= 4 is 16.0 Å². The van der Waals surface area contributed by atoms with Gasteiger partial charge in [0.25, 0.3) is 0 Å². The zero-order chi connectivity index (χ0) is 15.3. The summed E-state index contributed by atoms with van der Waals surface area (Å²) in [5.74, 6) is 0.847. The summed E-state index contributed by atoms with van der Waals surface area (Å²) < 4.78 is 31.5. The third kappa shape index (κ3) is 4.23. The first-order valence-corrected chi connectivity index (χ1v) is 7.97. The van der Waals surface area contributed by atoms with Crippen LogP contribution in [0.2, 0.25) is 0 Å². The van der Waals surface area contributed by atoms with E-state index < -0.39 is 10.0 Å². The zero-order valence-corrected chi connectivity index (χ0v) is 12.6. The predicted octanol–water partition coefficient (Wildman–Crippen LogP) is 1.07. The fourth-order valence-corrected chi connectivity index (χ4v) is 2.41. The third-order valence-corrected chi connectivity index (χ3v) is 3.94. The van der Waals surface area contributed by atoms with E-state index >= 15 is 0 Å². The van der Waals surface area contributed by atoms with Gasteiger partial charge in [0, 0.05) is 12.6 Å². The van der Waals surface area contributed by atoms with E-state index in [1.165, 1.54) is 12.4 Å². The van der Waals surface area contributed by atoms with Crippen LogP contribution in [-0.4, -0.2) is 30.1 Å². The van der Waals surface area contributed by atoms with Crippen molar-refractivity contribution in [3.05, 3.63) is 29.9 Å². The third-order valence-electron chi connectivity index (χ3n) is 2.58. The molecule has 0 aliphatic rings. The van der Waals surface area contributed by atoms with Gasteiger partial charge in [-0.1, -0.05) is 12.1 Å². The SMILES string of the molecule is CCCNc1ncc(S(=O)(=O)NCc2cc(C)no2)cn1. The van der Waals surface area contributed by atoms with Crippen LogP contribution in [0.5, 0.6) is 0 Å². The van der Waals surface area contributed by atoms with Crippen molar-refractivity contribution in [1.29, 1.82) is 0 Å². The van der Waals surface area contributed by atoms with E-state index in [0.717, 1.165) is 13.0 Å². The number of nitrogens with one attached hydrogen (secondary N) is 2. The number of anilines is 1. The number of hydrogen-bond donors (Lipinski definition) is 2. The summed E-state index contributed by atoms with van der Waals surface area (Å²) in [7, 11) is -3.68. The monoisotopic (exact) mass is 311 g/mol. The van der Waals surface area contributed by atoms with Crippen molar-refractivity contribution in [2.75, 3.05) is 11.9 Å². The van der Waals surface area contributed by atoms with E-state index in [9.17, 15) is 8.42 Å². The largest absolute Gasteiger partial charge is 0.360 e. The van der Waals surface area contributed by atoms with Crippen molar-refractivity contribution in [2.24, 2.45) is 0 Å². The van der Waals surface area contributed by atoms with Crippen LogP contribution in [0.3, 0.4) is 0 Å². The molecule has 21 heavy (non-hydrogen) atoms. The minimum Gasteiger partial charge on any atom is -0.360 e. The first-order valence-electron chi connectivity index (χ1n) is 6.49. The van der Waals surface area contributed by atoms with Crippen LogP contribution in [0.4, 0.5) is 5.95 Å². The van der Waals surface area contributed by atoms with Crippen molar-refractivity contribution in [1.82, 2.24) is 19.8 Å². The van der Waals surface area contributed by atoms with E-state index in [2.05, 4.69) is 25.2 Å². The predicted molar refractivity (Wildman–Crippen MR) is 76.1 cm³/mol. The quantitative estimate of drug-likeness (QED) is 0.787. The number of hydrogen-bond acceptors (Lipinski definition) is 7. The lowest BCUT2D eigenvalue weighted by Crippen LogP contribution is -2.23. The number of rotatable bonds is 7. The van der Waals surface area contributed by atoms with Gasteiger partial charge in [0.2, 0.25) is 16.0 Å². The first-order chi connectivity index (χ1) is 10.0. The summed E-state index contributed by atoms with van der Waals surface area (Å²) in [5, 5.41) is 6.66. The second-order valence-electron chi connectivity index (χ2n) is 4.43. The second kappa shape index (κ2) is 6.64. The van der Waals surface area contributed by atoms with Gasteiger partial charge in [-0.05, 0) is 13.3 Å². The fourth-order valence-electron chi connectivity index (χ4n) is 1.53. The van der Waals surface area contributed by atoms with Crippen LogP contribution in [0.1, 0.15) is 24.8 Å². The van der Waals surface area contributed by atoms with Crippen LogP contribution >= 0.6 is 0 Å². The van der Waals surface area contributed by atoms with Gasteiger partial charge < -0.3 is 9.84 Å². The summed E-state index contributed by atoms with van der Waals surface area (Å²) in [6.45, 7) is 4.53. The normalized spacial score (nSPS) is 11.5. The molecule has 0 atom stereocenters. The fraction of sp³-hybridized carbons (Fsp3) is 0.417. The molecule has 0 saturated heterocycles. The number of sulfonamides is 1. The van der Waals surface area contributed by atoms with Gasteiger partial charge in [0.15, 0.2) is 5.76 Å². The summed E-state index contributed by atoms with van der Waals surface area (Å²) in [6, 6.07) is 1.66. The molecule has 0 radical (unpaired) electrons. The smallest absolute Gasteiger partial charge is 0.244 e. The second-order valence-corrected chi connectivity index (χ2v) is 6.20. The Kier molecular flexibility index (Phi) is 4.86. The maximum absolute atomic E-state index is 12.1. The van der Waals surface area contributed by atoms with Gasteiger partial charge in [-0.15, -0.1) is 0 Å². The Morgan fingerprint density at radius 3 is 2.57 bits per heavy atom. The molecule has 0 aliphatic heterocycles. The van der Waals surface area contributed by atoms with Crippen molar-refractivity contribution in [3.8, 4) is 0 Å². The molecule has 0 saturated carbocycles. The molecular weight excluding hydrogens is 294 g/mol. The highest BCUT2D eigenvalue weighted by atomic mass is 32.2. The van der Waals surface area contributed by atoms with Crippen molar-refractivity contribution in [2.45, 2.75) is 31.7 Å². The van der Waals surface area contributed by atoms with Crippen LogP contribution in [0.25, 0.3) is 0 Å². The van der Waals surface area contributed by atoms with Crippen molar-refractivity contribution < 1.29 is 12.9 Å². The van der Waals surface area contributed by atoms with Crippen LogP contribution in [0.15, 0.2) is 27.9 Å². The molecule has 2 aromatic rings. The van der Waals surface area contributed by atoms with Crippen molar-refractivity contribution in [3.63, 3.8) is 0 Å². The lowest BCUT2D eigenvalue weighted by atomic mass is 10.4. The minimum absolute atomic E-state index is 0.000728. The summed E-state index contributed by atoms with van der Waals surface area (Å²) >= 11 is 0. The standard InChI is InChI=1S/C12H17N5O3S/c1-3-4-13-12-14-7-11(8-15-12)21(18,19)16-6-10-5-9(2)17-20-10/h5,7-8,16H,3-4,6H2,1-2H3,(H,13,14,15). The molecule has 2 rings (SSSR count).